The molecule has 0 aliphatic carbocycles. The Labute approximate surface area is 197 Å². The highest BCUT2D eigenvalue weighted by Gasteiger charge is 2.36. The zero-order chi connectivity index (χ0) is 22.8. The molecule has 1 N–H and O–H groups in total. The third-order valence-electron chi connectivity index (χ3n) is 4.45. The van der Waals surface area contributed by atoms with Gasteiger partial charge >= 0.3 is 0 Å². The Morgan fingerprint density at radius 2 is 2.00 bits per heavy atom. The van der Waals surface area contributed by atoms with Crippen molar-refractivity contribution in [2.45, 2.75) is 20.0 Å². The quantitative estimate of drug-likeness (QED) is 0.556. The standard InChI is InChI=1S/C22H19BrN2O6S/c1-12(2)31-16-5-3-13(7-15(16)23)8-19-21(27)25(22(28)32-19)10-20(26)24-14-4-6-17-18(9-14)30-11-29-17/h3-9,12H,10-11H2,1-2H3,(H,24,26)/b19-8-. The molecule has 0 spiro atoms. The van der Waals surface area contributed by atoms with E-state index in [1.54, 1.807) is 42.5 Å². The Morgan fingerprint density at radius 1 is 1.22 bits per heavy atom. The number of thioether (sulfide) groups is 1. The second kappa shape index (κ2) is 9.25. The molecule has 3 amide bonds. The van der Waals surface area contributed by atoms with Crippen molar-refractivity contribution in [2.24, 2.45) is 0 Å². The van der Waals surface area contributed by atoms with Crippen LogP contribution in [-0.4, -0.2) is 41.4 Å². The number of hydrogen-bond donors (Lipinski definition) is 1. The van der Waals surface area contributed by atoms with Gasteiger partial charge in [-0.05, 0) is 77.4 Å². The van der Waals surface area contributed by atoms with Gasteiger partial charge in [0.15, 0.2) is 11.5 Å². The molecule has 0 saturated carbocycles. The van der Waals surface area contributed by atoms with Gasteiger partial charge < -0.3 is 19.5 Å². The van der Waals surface area contributed by atoms with Gasteiger partial charge in [0.1, 0.15) is 12.3 Å². The second-order valence-electron chi connectivity index (χ2n) is 7.24. The Morgan fingerprint density at radius 3 is 2.75 bits per heavy atom. The number of nitrogens with one attached hydrogen (secondary N) is 1. The van der Waals surface area contributed by atoms with Gasteiger partial charge in [0, 0.05) is 11.8 Å². The largest absolute Gasteiger partial charge is 0.490 e. The average Bonchev–Trinajstić information content (AvgIpc) is 3.29. The number of carbonyl (C=O) groups is 3. The molecule has 0 aromatic heterocycles. The molecule has 1 saturated heterocycles. The van der Waals surface area contributed by atoms with E-state index < -0.39 is 17.1 Å². The number of carbonyl (C=O) groups excluding carboxylic acids is 3. The molecular weight excluding hydrogens is 500 g/mol. The number of nitrogens with zero attached hydrogens (tertiary/aromatic N) is 1. The van der Waals surface area contributed by atoms with Crippen molar-refractivity contribution in [2.75, 3.05) is 18.7 Å². The molecule has 0 unspecified atom stereocenters. The van der Waals surface area contributed by atoms with Crippen LogP contribution in [0.15, 0.2) is 45.8 Å². The van der Waals surface area contributed by atoms with E-state index in [1.165, 1.54) is 0 Å². The predicted octanol–water partition coefficient (Wildman–Crippen LogP) is 4.64. The summed E-state index contributed by atoms with van der Waals surface area (Å²) in [5.41, 5.74) is 1.21. The van der Waals surface area contributed by atoms with Gasteiger partial charge in [0.2, 0.25) is 12.7 Å². The van der Waals surface area contributed by atoms with Crippen LogP contribution in [-0.2, 0) is 9.59 Å². The van der Waals surface area contributed by atoms with Crippen molar-refractivity contribution < 1.29 is 28.6 Å². The van der Waals surface area contributed by atoms with E-state index >= 15 is 0 Å². The summed E-state index contributed by atoms with van der Waals surface area (Å²) in [6, 6.07) is 10.3. The highest BCUT2D eigenvalue weighted by atomic mass is 79.9. The van der Waals surface area contributed by atoms with E-state index in [9.17, 15) is 14.4 Å². The molecule has 2 aromatic rings. The second-order valence-corrected chi connectivity index (χ2v) is 9.09. The van der Waals surface area contributed by atoms with Gasteiger partial charge in [-0.15, -0.1) is 0 Å². The summed E-state index contributed by atoms with van der Waals surface area (Å²) in [5, 5.41) is 2.16. The molecule has 2 heterocycles. The minimum Gasteiger partial charge on any atom is -0.490 e. The van der Waals surface area contributed by atoms with Crippen LogP contribution in [0.5, 0.6) is 17.2 Å². The Kier molecular flexibility index (Phi) is 6.43. The van der Waals surface area contributed by atoms with Crippen molar-refractivity contribution in [1.82, 2.24) is 4.90 Å². The highest BCUT2D eigenvalue weighted by molar-refractivity contribution is 9.10. The summed E-state index contributed by atoms with van der Waals surface area (Å²) in [6.07, 6.45) is 1.64. The lowest BCUT2D eigenvalue weighted by molar-refractivity contribution is -0.127. The van der Waals surface area contributed by atoms with Crippen LogP contribution in [0.25, 0.3) is 6.08 Å². The molecule has 0 radical (unpaired) electrons. The number of halogens is 1. The van der Waals surface area contributed by atoms with Crippen LogP contribution in [0.1, 0.15) is 19.4 Å². The van der Waals surface area contributed by atoms with Gasteiger partial charge in [-0.1, -0.05) is 6.07 Å². The number of amides is 3. The Balaban J connectivity index is 1.42. The third kappa shape index (κ3) is 4.91. The summed E-state index contributed by atoms with van der Waals surface area (Å²) < 4.78 is 16.9. The molecule has 166 valence electrons. The van der Waals surface area contributed by atoms with Crippen LogP contribution >= 0.6 is 27.7 Å². The molecule has 1 fully saturated rings. The maximum atomic E-state index is 12.7. The summed E-state index contributed by atoms with van der Waals surface area (Å²) in [4.78, 5) is 38.7. The smallest absolute Gasteiger partial charge is 0.294 e. The van der Waals surface area contributed by atoms with Crippen molar-refractivity contribution in [3.8, 4) is 17.2 Å². The zero-order valence-electron chi connectivity index (χ0n) is 17.2. The molecule has 2 aliphatic rings. The lowest BCUT2D eigenvalue weighted by Gasteiger charge is -2.13. The molecule has 32 heavy (non-hydrogen) atoms. The first kappa shape index (κ1) is 22.2. The summed E-state index contributed by atoms with van der Waals surface area (Å²) in [5.74, 6) is 0.789. The van der Waals surface area contributed by atoms with Crippen LogP contribution < -0.4 is 19.5 Å². The normalized spacial score (nSPS) is 16.2. The van der Waals surface area contributed by atoms with E-state index in [1.807, 2.05) is 13.8 Å². The number of hydrogen-bond acceptors (Lipinski definition) is 7. The fraction of sp³-hybridized carbons (Fsp3) is 0.227. The van der Waals surface area contributed by atoms with Gasteiger partial charge in [0.05, 0.1) is 15.5 Å². The Hall–Kier alpha value is -2.98. The average molecular weight is 519 g/mol. The summed E-state index contributed by atoms with van der Waals surface area (Å²) in [7, 11) is 0. The summed E-state index contributed by atoms with van der Waals surface area (Å²) >= 11 is 4.25. The SMILES string of the molecule is CC(C)Oc1ccc(/C=C2\SC(=O)N(CC(=O)Nc3ccc4c(c3)OCO4)C2=O)cc1Br. The predicted molar refractivity (Wildman–Crippen MR) is 124 cm³/mol. The topological polar surface area (TPSA) is 94.2 Å². The maximum absolute atomic E-state index is 12.7. The number of ether oxygens (including phenoxy) is 3. The van der Waals surface area contributed by atoms with Gasteiger partial charge in [-0.25, -0.2) is 0 Å². The minimum atomic E-state index is -0.514. The number of benzene rings is 2. The van der Waals surface area contributed by atoms with Gasteiger partial charge in [-0.2, -0.15) is 0 Å². The van der Waals surface area contributed by atoms with E-state index in [0.29, 0.717) is 22.9 Å². The molecule has 10 heteroatoms. The van der Waals surface area contributed by atoms with Crippen molar-refractivity contribution in [3.63, 3.8) is 0 Å². The highest BCUT2D eigenvalue weighted by Crippen LogP contribution is 2.35. The fourth-order valence-electron chi connectivity index (χ4n) is 3.06. The number of fused-ring (bicyclic) bond motifs is 1. The summed E-state index contributed by atoms with van der Waals surface area (Å²) in [6.45, 7) is 3.60. The van der Waals surface area contributed by atoms with Crippen LogP contribution in [0.2, 0.25) is 0 Å². The number of rotatable bonds is 6. The van der Waals surface area contributed by atoms with Gasteiger partial charge in [0.25, 0.3) is 11.1 Å². The molecule has 2 aliphatic heterocycles. The van der Waals surface area contributed by atoms with Crippen LogP contribution in [0.4, 0.5) is 10.5 Å². The zero-order valence-corrected chi connectivity index (χ0v) is 19.6. The third-order valence-corrected chi connectivity index (χ3v) is 5.98. The lowest BCUT2D eigenvalue weighted by atomic mass is 10.2. The fourth-order valence-corrected chi connectivity index (χ4v) is 4.39. The number of imide groups is 1. The molecule has 8 nitrogen and oxygen atoms in total. The number of anilines is 1. The maximum Gasteiger partial charge on any atom is 0.294 e. The first-order valence-corrected chi connectivity index (χ1v) is 11.3. The van der Waals surface area contributed by atoms with Crippen LogP contribution in [0, 0.1) is 0 Å². The lowest BCUT2D eigenvalue weighted by Crippen LogP contribution is -2.36. The van der Waals surface area contributed by atoms with Crippen LogP contribution in [0.3, 0.4) is 0 Å². The molecule has 0 atom stereocenters. The van der Waals surface area contributed by atoms with E-state index in [0.717, 1.165) is 26.7 Å². The van der Waals surface area contributed by atoms with Gasteiger partial charge in [-0.3, -0.25) is 19.3 Å². The molecule has 4 rings (SSSR count). The first-order valence-electron chi connectivity index (χ1n) is 9.71. The van der Waals surface area contributed by atoms with E-state index in [2.05, 4.69) is 21.2 Å². The van der Waals surface area contributed by atoms with Crippen molar-refractivity contribution in [1.29, 1.82) is 0 Å². The molecule has 0 bridgehead atoms. The van der Waals surface area contributed by atoms with E-state index in [4.69, 9.17) is 14.2 Å². The monoisotopic (exact) mass is 518 g/mol. The minimum absolute atomic E-state index is 0.0254. The Bertz CT molecular complexity index is 1130. The molecular formula is C22H19BrN2O6S. The molecule has 2 aromatic carbocycles. The van der Waals surface area contributed by atoms with E-state index in [-0.39, 0.29) is 24.3 Å². The first-order chi connectivity index (χ1) is 15.3. The van der Waals surface area contributed by atoms with Crippen molar-refractivity contribution in [3.05, 3.63) is 51.3 Å². The van der Waals surface area contributed by atoms with Crippen molar-refractivity contribution >= 4 is 56.5 Å².